The number of carbonyl (C=O) groups excluding carboxylic acids is 1. The van der Waals surface area contributed by atoms with Crippen LogP contribution >= 0.6 is 11.8 Å². The van der Waals surface area contributed by atoms with Crippen LogP contribution in [0, 0.1) is 5.92 Å². The number of hydrogen-bond acceptors (Lipinski definition) is 4. The molecule has 1 heterocycles. The quantitative estimate of drug-likeness (QED) is 0.737. The zero-order valence-corrected chi connectivity index (χ0v) is 16.5. The summed E-state index contributed by atoms with van der Waals surface area (Å²) in [6.45, 7) is 4.26. The Labute approximate surface area is 155 Å². The summed E-state index contributed by atoms with van der Waals surface area (Å²) in [5.41, 5.74) is 0. The van der Waals surface area contributed by atoms with Gasteiger partial charge in [0.05, 0.1) is 5.75 Å². The van der Waals surface area contributed by atoms with Gasteiger partial charge in [0.15, 0.2) is 0 Å². The summed E-state index contributed by atoms with van der Waals surface area (Å²) in [7, 11) is 0. The van der Waals surface area contributed by atoms with Crippen molar-refractivity contribution < 1.29 is 4.79 Å². The van der Waals surface area contributed by atoms with E-state index in [1.54, 1.807) is 0 Å². The number of nitrogens with zero attached hydrogens (tertiary/aromatic N) is 3. The van der Waals surface area contributed by atoms with Crippen LogP contribution in [0.5, 0.6) is 0 Å². The fraction of sp³-hybridized carbons (Fsp3) is 0.842. The van der Waals surface area contributed by atoms with Crippen LogP contribution < -0.4 is 0 Å². The first kappa shape index (κ1) is 18.7. The lowest BCUT2D eigenvalue weighted by Crippen LogP contribution is -2.46. The average molecular weight is 365 g/mol. The van der Waals surface area contributed by atoms with Crippen molar-refractivity contribution in [3.8, 4) is 0 Å². The molecule has 25 heavy (non-hydrogen) atoms. The summed E-state index contributed by atoms with van der Waals surface area (Å²) in [6.07, 6.45) is 12.4. The Morgan fingerprint density at radius 2 is 1.84 bits per heavy atom. The molecule has 5 nitrogen and oxygen atoms in total. The molecule has 2 saturated carbocycles. The van der Waals surface area contributed by atoms with Crippen molar-refractivity contribution >= 4 is 17.7 Å². The minimum Gasteiger partial charge on any atom is -0.337 e. The van der Waals surface area contributed by atoms with E-state index in [0.29, 0.717) is 17.0 Å². The van der Waals surface area contributed by atoms with Crippen LogP contribution in [0.1, 0.15) is 77.5 Å². The van der Waals surface area contributed by atoms with Crippen LogP contribution in [0.3, 0.4) is 0 Å². The second-order valence-electron chi connectivity index (χ2n) is 7.89. The Balaban J connectivity index is 1.50. The molecule has 0 aromatic carbocycles. The van der Waals surface area contributed by atoms with Gasteiger partial charge < -0.3 is 4.90 Å². The maximum absolute atomic E-state index is 12.8. The summed E-state index contributed by atoms with van der Waals surface area (Å²) in [6, 6.07) is 0.688. The molecule has 1 amide bonds. The number of aromatic nitrogens is 3. The zero-order valence-electron chi connectivity index (χ0n) is 15.7. The van der Waals surface area contributed by atoms with Gasteiger partial charge in [-0.3, -0.25) is 9.89 Å². The molecule has 0 unspecified atom stereocenters. The first-order valence-electron chi connectivity index (χ1n) is 9.98. The first-order valence-corrected chi connectivity index (χ1v) is 11.0. The summed E-state index contributed by atoms with van der Waals surface area (Å²) < 4.78 is 0. The first-order chi connectivity index (χ1) is 12.1. The summed E-state index contributed by atoms with van der Waals surface area (Å²) in [5, 5.41) is 8.08. The number of rotatable bonds is 7. The highest BCUT2D eigenvalue weighted by molar-refractivity contribution is 7.99. The van der Waals surface area contributed by atoms with Crippen molar-refractivity contribution in [2.24, 2.45) is 5.92 Å². The third kappa shape index (κ3) is 5.22. The molecule has 6 heteroatoms. The van der Waals surface area contributed by atoms with Crippen molar-refractivity contribution in [3.63, 3.8) is 0 Å². The van der Waals surface area contributed by atoms with Crippen molar-refractivity contribution in [1.29, 1.82) is 0 Å². The van der Waals surface area contributed by atoms with Gasteiger partial charge in [0, 0.05) is 18.5 Å². The fourth-order valence-corrected chi connectivity index (χ4v) is 5.08. The number of amides is 1. The number of aromatic amines is 1. The maximum Gasteiger partial charge on any atom is 0.233 e. The van der Waals surface area contributed by atoms with Gasteiger partial charge in [0.25, 0.3) is 0 Å². The van der Waals surface area contributed by atoms with Crippen molar-refractivity contribution in [2.45, 2.75) is 95.3 Å². The van der Waals surface area contributed by atoms with Crippen LogP contribution in [0.4, 0.5) is 0 Å². The minimum atomic E-state index is 0.231. The number of hydrogen-bond donors (Lipinski definition) is 1. The van der Waals surface area contributed by atoms with Crippen LogP contribution in [0.15, 0.2) is 5.16 Å². The number of H-pyrrole nitrogens is 1. The monoisotopic (exact) mass is 364 g/mol. The molecule has 0 saturated heterocycles. The smallest absolute Gasteiger partial charge is 0.233 e. The Morgan fingerprint density at radius 3 is 2.52 bits per heavy atom. The molecule has 2 aliphatic rings. The van der Waals surface area contributed by atoms with Crippen LogP contribution in [-0.4, -0.2) is 43.8 Å². The third-order valence-corrected chi connectivity index (χ3v) is 6.44. The van der Waals surface area contributed by atoms with E-state index in [2.05, 4.69) is 33.9 Å². The maximum atomic E-state index is 12.8. The standard InChI is InChI=1S/C19H32N4OS/c1-14(2)23(16-10-4-3-5-11-16)18(24)13-25-19-20-17(21-22-19)12-15-8-6-7-9-15/h14-16H,3-13H2,1-2H3,(H,20,21,22). The Bertz CT molecular complexity index is 547. The zero-order chi connectivity index (χ0) is 17.6. The summed E-state index contributed by atoms with van der Waals surface area (Å²) >= 11 is 1.47. The lowest BCUT2D eigenvalue weighted by Gasteiger charge is -2.37. The van der Waals surface area contributed by atoms with Crippen molar-refractivity contribution in [3.05, 3.63) is 5.82 Å². The van der Waals surface area contributed by atoms with Crippen LogP contribution in [-0.2, 0) is 11.2 Å². The molecule has 0 aliphatic heterocycles. The Hall–Kier alpha value is -1.04. The highest BCUT2D eigenvalue weighted by Crippen LogP contribution is 2.28. The molecular formula is C19H32N4OS. The number of thioether (sulfide) groups is 1. The average Bonchev–Trinajstić information content (AvgIpc) is 3.26. The van der Waals surface area contributed by atoms with Gasteiger partial charge in [0.1, 0.15) is 5.82 Å². The van der Waals surface area contributed by atoms with E-state index in [1.165, 1.54) is 56.7 Å². The Kier molecular flexibility index (Phi) is 6.79. The van der Waals surface area contributed by atoms with E-state index in [4.69, 9.17) is 0 Å². The van der Waals surface area contributed by atoms with E-state index in [-0.39, 0.29) is 11.9 Å². The molecule has 2 fully saturated rings. The third-order valence-electron chi connectivity index (χ3n) is 5.61. The van der Waals surface area contributed by atoms with E-state index in [9.17, 15) is 4.79 Å². The van der Waals surface area contributed by atoms with E-state index in [1.807, 2.05) is 0 Å². The van der Waals surface area contributed by atoms with Gasteiger partial charge in [-0.1, -0.05) is 56.7 Å². The largest absolute Gasteiger partial charge is 0.337 e. The minimum absolute atomic E-state index is 0.231. The predicted octanol–water partition coefficient (Wildman–Crippen LogP) is 4.20. The molecular weight excluding hydrogens is 332 g/mol. The highest BCUT2D eigenvalue weighted by Gasteiger charge is 2.27. The number of carbonyl (C=O) groups is 1. The predicted molar refractivity (Wildman–Crippen MR) is 102 cm³/mol. The Morgan fingerprint density at radius 1 is 1.16 bits per heavy atom. The second kappa shape index (κ2) is 9.06. The van der Waals surface area contributed by atoms with Gasteiger partial charge in [-0.15, -0.1) is 5.10 Å². The van der Waals surface area contributed by atoms with Gasteiger partial charge in [-0.25, -0.2) is 4.98 Å². The molecule has 2 aliphatic carbocycles. The molecule has 0 spiro atoms. The number of nitrogens with one attached hydrogen (secondary N) is 1. The molecule has 0 radical (unpaired) electrons. The lowest BCUT2D eigenvalue weighted by atomic mass is 9.93. The van der Waals surface area contributed by atoms with Crippen LogP contribution in [0.25, 0.3) is 0 Å². The molecule has 3 rings (SSSR count). The van der Waals surface area contributed by atoms with Gasteiger partial charge in [0.2, 0.25) is 11.1 Å². The molecule has 140 valence electrons. The SMILES string of the molecule is CC(C)N(C(=O)CSc1n[nH]c(CC2CCCC2)n1)C1CCCCC1. The van der Waals surface area contributed by atoms with Gasteiger partial charge >= 0.3 is 0 Å². The van der Waals surface area contributed by atoms with E-state index < -0.39 is 0 Å². The topological polar surface area (TPSA) is 61.9 Å². The lowest BCUT2D eigenvalue weighted by molar-refractivity contribution is -0.133. The van der Waals surface area contributed by atoms with Crippen molar-refractivity contribution in [1.82, 2.24) is 20.1 Å². The van der Waals surface area contributed by atoms with Crippen LogP contribution in [0.2, 0.25) is 0 Å². The molecule has 1 N–H and O–H groups in total. The summed E-state index contributed by atoms with van der Waals surface area (Å²) in [4.78, 5) is 19.5. The normalized spacial score (nSPS) is 19.6. The molecule has 1 aromatic rings. The highest BCUT2D eigenvalue weighted by atomic mass is 32.2. The van der Waals surface area contributed by atoms with Gasteiger partial charge in [-0.2, -0.15) is 0 Å². The van der Waals surface area contributed by atoms with E-state index in [0.717, 1.165) is 31.0 Å². The summed E-state index contributed by atoms with van der Waals surface area (Å²) in [5.74, 6) is 2.41. The molecule has 0 atom stereocenters. The van der Waals surface area contributed by atoms with Gasteiger partial charge in [-0.05, 0) is 32.6 Å². The van der Waals surface area contributed by atoms with E-state index >= 15 is 0 Å². The molecule has 1 aromatic heterocycles. The fourth-order valence-electron chi connectivity index (χ4n) is 4.39. The molecule has 0 bridgehead atoms. The second-order valence-corrected chi connectivity index (χ2v) is 8.84. The van der Waals surface area contributed by atoms with Crippen molar-refractivity contribution in [2.75, 3.05) is 5.75 Å².